The molecule has 0 amide bonds. The molecule has 21 heavy (non-hydrogen) atoms. The van der Waals surface area contributed by atoms with Crippen LogP contribution in [0.1, 0.15) is 33.6 Å². The molecule has 1 aromatic heterocycles. The van der Waals surface area contributed by atoms with E-state index in [2.05, 4.69) is 28.9 Å². The SMILES string of the molecule is CCNc1ccc(S(=O)(=O)NCC(CC)(CC)SC)cn1. The zero-order chi connectivity index (χ0) is 15.9. The molecule has 5 nitrogen and oxygen atoms in total. The summed E-state index contributed by atoms with van der Waals surface area (Å²) in [5.74, 6) is 0.678. The molecule has 7 heteroatoms. The first-order chi connectivity index (χ1) is 9.93. The quantitative estimate of drug-likeness (QED) is 0.728. The van der Waals surface area contributed by atoms with Gasteiger partial charge in [0.2, 0.25) is 10.0 Å². The minimum Gasteiger partial charge on any atom is -0.370 e. The minimum absolute atomic E-state index is 0.0514. The van der Waals surface area contributed by atoms with Gasteiger partial charge in [0.15, 0.2) is 0 Å². The molecule has 1 aromatic rings. The molecule has 1 rings (SSSR count). The van der Waals surface area contributed by atoms with E-state index >= 15 is 0 Å². The molecule has 0 saturated carbocycles. The highest BCUT2D eigenvalue weighted by molar-refractivity contribution is 8.00. The van der Waals surface area contributed by atoms with E-state index in [9.17, 15) is 8.42 Å². The minimum atomic E-state index is -3.51. The molecule has 0 aliphatic carbocycles. The topological polar surface area (TPSA) is 71.1 Å². The third-order valence-corrected chi connectivity index (χ3v) is 6.68. The van der Waals surface area contributed by atoms with Crippen molar-refractivity contribution in [3.63, 3.8) is 0 Å². The fourth-order valence-corrected chi connectivity index (χ4v) is 3.95. The van der Waals surface area contributed by atoms with Crippen LogP contribution in [0.15, 0.2) is 23.2 Å². The van der Waals surface area contributed by atoms with Crippen molar-refractivity contribution >= 4 is 27.6 Å². The summed E-state index contributed by atoms with van der Waals surface area (Å²) in [4.78, 5) is 4.30. The first kappa shape index (κ1) is 18.3. The average molecular weight is 332 g/mol. The Morgan fingerprint density at radius 3 is 2.33 bits per heavy atom. The smallest absolute Gasteiger partial charge is 0.242 e. The predicted molar refractivity (Wildman–Crippen MR) is 90.4 cm³/mol. The maximum atomic E-state index is 12.3. The normalized spacial score (nSPS) is 12.4. The van der Waals surface area contributed by atoms with Crippen LogP contribution in [0.3, 0.4) is 0 Å². The molecule has 0 aliphatic rings. The maximum Gasteiger partial charge on any atom is 0.242 e. The molecular formula is C14H25N3O2S2. The summed E-state index contributed by atoms with van der Waals surface area (Å²) in [7, 11) is -3.51. The number of thioether (sulfide) groups is 1. The number of pyridine rings is 1. The zero-order valence-electron chi connectivity index (χ0n) is 13.1. The van der Waals surface area contributed by atoms with Gasteiger partial charge in [-0.3, -0.25) is 0 Å². The van der Waals surface area contributed by atoms with Gasteiger partial charge in [0.25, 0.3) is 0 Å². The van der Waals surface area contributed by atoms with Crippen molar-refractivity contribution in [3.05, 3.63) is 18.3 Å². The Morgan fingerprint density at radius 1 is 1.24 bits per heavy atom. The number of nitrogens with zero attached hydrogens (tertiary/aromatic N) is 1. The van der Waals surface area contributed by atoms with Crippen molar-refractivity contribution in [2.75, 3.05) is 24.7 Å². The van der Waals surface area contributed by atoms with Crippen molar-refractivity contribution in [3.8, 4) is 0 Å². The van der Waals surface area contributed by atoms with Crippen LogP contribution < -0.4 is 10.0 Å². The lowest BCUT2D eigenvalue weighted by molar-refractivity contribution is 0.522. The van der Waals surface area contributed by atoms with E-state index in [1.54, 1.807) is 23.9 Å². The molecule has 0 unspecified atom stereocenters. The number of sulfonamides is 1. The van der Waals surface area contributed by atoms with Gasteiger partial charge in [-0.15, -0.1) is 0 Å². The summed E-state index contributed by atoms with van der Waals surface area (Å²) >= 11 is 1.71. The maximum absolute atomic E-state index is 12.3. The molecule has 0 atom stereocenters. The van der Waals surface area contributed by atoms with Crippen molar-refractivity contribution in [2.45, 2.75) is 43.3 Å². The fraction of sp³-hybridized carbons (Fsp3) is 0.643. The Labute approximate surface area is 132 Å². The second-order valence-electron chi connectivity index (χ2n) is 4.83. The van der Waals surface area contributed by atoms with Gasteiger partial charge < -0.3 is 5.32 Å². The van der Waals surface area contributed by atoms with Crippen molar-refractivity contribution in [1.29, 1.82) is 0 Å². The summed E-state index contributed by atoms with van der Waals surface area (Å²) in [6.07, 6.45) is 5.25. The first-order valence-electron chi connectivity index (χ1n) is 7.17. The predicted octanol–water partition coefficient (Wildman–Crippen LogP) is 2.71. The highest BCUT2D eigenvalue weighted by atomic mass is 32.2. The van der Waals surface area contributed by atoms with Gasteiger partial charge in [-0.05, 0) is 38.2 Å². The van der Waals surface area contributed by atoms with E-state index in [1.807, 2.05) is 13.2 Å². The van der Waals surface area contributed by atoms with Gasteiger partial charge in [-0.25, -0.2) is 18.1 Å². The lowest BCUT2D eigenvalue weighted by atomic mass is 10.0. The summed E-state index contributed by atoms with van der Waals surface area (Å²) < 4.78 is 27.3. The standard InChI is InChI=1S/C14H25N3O2S2/c1-5-14(6-2,20-4)11-17-21(18,19)12-8-9-13(15-7-3)16-10-12/h8-10,17H,5-7,11H2,1-4H3,(H,15,16). The van der Waals surface area contributed by atoms with Crippen LogP contribution in [-0.2, 0) is 10.0 Å². The zero-order valence-corrected chi connectivity index (χ0v) is 14.8. The van der Waals surface area contributed by atoms with E-state index < -0.39 is 10.0 Å². The van der Waals surface area contributed by atoms with Crippen LogP contribution in [-0.4, -0.2) is 37.5 Å². The summed E-state index contributed by atoms with van der Waals surface area (Å²) in [5.41, 5.74) is 0. The van der Waals surface area contributed by atoms with Gasteiger partial charge in [0, 0.05) is 24.0 Å². The van der Waals surface area contributed by atoms with Crippen LogP contribution in [0.2, 0.25) is 0 Å². The van der Waals surface area contributed by atoms with Crippen LogP contribution in [0.5, 0.6) is 0 Å². The van der Waals surface area contributed by atoms with Crippen LogP contribution in [0.25, 0.3) is 0 Å². The summed E-state index contributed by atoms with van der Waals surface area (Å²) in [6.45, 7) is 7.31. The molecule has 1 heterocycles. The molecule has 120 valence electrons. The number of nitrogens with one attached hydrogen (secondary N) is 2. The molecule has 0 spiro atoms. The lowest BCUT2D eigenvalue weighted by Crippen LogP contribution is -2.39. The molecule has 0 aliphatic heterocycles. The van der Waals surface area contributed by atoms with Gasteiger partial charge in [0.05, 0.1) is 0 Å². The number of aromatic nitrogens is 1. The van der Waals surface area contributed by atoms with Crippen LogP contribution in [0, 0.1) is 0 Å². The summed E-state index contributed by atoms with van der Waals surface area (Å²) in [6, 6.07) is 3.26. The molecule has 2 N–H and O–H groups in total. The Kier molecular flexibility index (Phi) is 6.96. The van der Waals surface area contributed by atoms with Gasteiger partial charge >= 0.3 is 0 Å². The van der Waals surface area contributed by atoms with E-state index in [0.717, 1.165) is 19.4 Å². The van der Waals surface area contributed by atoms with Crippen LogP contribution in [0.4, 0.5) is 5.82 Å². The lowest BCUT2D eigenvalue weighted by Gasteiger charge is -2.29. The second kappa shape index (κ2) is 8.00. The summed E-state index contributed by atoms with van der Waals surface area (Å²) in [5, 5.41) is 3.04. The molecule has 0 aromatic carbocycles. The van der Waals surface area contributed by atoms with E-state index in [4.69, 9.17) is 0 Å². The molecule has 0 radical (unpaired) electrons. The number of rotatable bonds is 9. The van der Waals surface area contributed by atoms with E-state index in [0.29, 0.717) is 12.4 Å². The Hall–Kier alpha value is -0.790. The number of hydrogen-bond acceptors (Lipinski definition) is 5. The van der Waals surface area contributed by atoms with E-state index in [-0.39, 0.29) is 9.64 Å². The number of anilines is 1. The van der Waals surface area contributed by atoms with Crippen molar-refractivity contribution in [2.24, 2.45) is 0 Å². The molecular weight excluding hydrogens is 306 g/mol. The van der Waals surface area contributed by atoms with Gasteiger partial charge in [0.1, 0.15) is 10.7 Å². The molecule has 0 bridgehead atoms. The Balaban J connectivity index is 2.81. The average Bonchev–Trinajstić information content (AvgIpc) is 2.50. The molecule has 0 saturated heterocycles. The highest BCUT2D eigenvalue weighted by Crippen LogP contribution is 2.30. The third kappa shape index (κ3) is 4.86. The largest absolute Gasteiger partial charge is 0.370 e. The Morgan fingerprint density at radius 2 is 1.90 bits per heavy atom. The fourth-order valence-electron chi connectivity index (χ4n) is 2.00. The monoisotopic (exact) mass is 331 g/mol. The van der Waals surface area contributed by atoms with Crippen molar-refractivity contribution < 1.29 is 8.42 Å². The molecule has 0 fully saturated rings. The first-order valence-corrected chi connectivity index (χ1v) is 9.88. The highest BCUT2D eigenvalue weighted by Gasteiger charge is 2.27. The van der Waals surface area contributed by atoms with Gasteiger partial charge in [-0.2, -0.15) is 11.8 Å². The van der Waals surface area contributed by atoms with E-state index in [1.165, 1.54) is 6.20 Å². The van der Waals surface area contributed by atoms with Crippen molar-refractivity contribution in [1.82, 2.24) is 9.71 Å². The Bertz CT molecular complexity index is 517. The van der Waals surface area contributed by atoms with Crippen LogP contribution >= 0.6 is 11.8 Å². The van der Waals surface area contributed by atoms with Gasteiger partial charge in [-0.1, -0.05) is 13.8 Å². The number of hydrogen-bond donors (Lipinski definition) is 2. The third-order valence-electron chi connectivity index (χ3n) is 3.71. The second-order valence-corrected chi connectivity index (χ2v) is 7.87.